The van der Waals surface area contributed by atoms with Gasteiger partial charge in [0.1, 0.15) is 0 Å². The second kappa shape index (κ2) is 9.31. The van der Waals surface area contributed by atoms with Crippen molar-refractivity contribution in [2.45, 2.75) is 103 Å². The molecule has 4 unspecified atom stereocenters. The maximum absolute atomic E-state index is 13.7. The molecule has 0 heterocycles. The molecule has 0 aliphatic heterocycles. The highest BCUT2D eigenvalue weighted by Gasteiger charge is 2.65. The van der Waals surface area contributed by atoms with E-state index in [-0.39, 0.29) is 16.9 Å². The summed E-state index contributed by atoms with van der Waals surface area (Å²) in [6.45, 7) is 21.2. The van der Waals surface area contributed by atoms with Crippen molar-refractivity contribution in [1.29, 1.82) is 0 Å². The van der Waals surface area contributed by atoms with Crippen LogP contribution in [0.15, 0.2) is 0 Å². The van der Waals surface area contributed by atoms with Crippen molar-refractivity contribution in [1.82, 2.24) is 0 Å². The molecule has 0 spiro atoms. The molecule has 0 aromatic carbocycles. The minimum atomic E-state index is -2.23. The van der Waals surface area contributed by atoms with Gasteiger partial charge < -0.3 is 13.3 Å². The minimum absolute atomic E-state index is 0.0520. The zero-order chi connectivity index (χ0) is 21.3. The molecule has 6 heteroatoms. The first-order chi connectivity index (χ1) is 13.1. The fraction of sp³-hybridized carbons (Fsp3) is 0.955. The van der Waals surface area contributed by atoms with E-state index in [1.54, 1.807) is 0 Å². The summed E-state index contributed by atoms with van der Waals surface area (Å²) in [4.78, 5) is 13.7. The Morgan fingerprint density at radius 3 is 1.89 bits per heavy atom. The first-order valence-corrected chi connectivity index (χ1v) is 14.9. The first kappa shape index (κ1) is 24.1. The van der Waals surface area contributed by atoms with Crippen LogP contribution in [0.25, 0.3) is 0 Å². The average molecular weight is 428 g/mol. The summed E-state index contributed by atoms with van der Waals surface area (Å²) in [5, 5.41) is -0.122. The summed E-state index contributed by atoms with van der Waals surface area (Å²) < 4.78 is 19.0. The van der Waals surface area contributed by atoms with Gasteiger partial charge in [-0.05, 0) is 61.6 Å². The fourth-order valence-electron chi connectivity index (χ4n) is 6.44. The lowest BCUT2D eigenvalue weighted by molar-refractivity contribution is -0.142. The molecule has 2 rings (SSSR count). The molecule has 2 saturated carbocycles. The van der Waals surface area contributed by atoms with Gasteiger partial charge in [-0.25, -0.2) is 0 Å². The topological polar surface area (TPSA) is 44.8 Å². The molecule has 0 amide bonds. The zero-order valence-electron chi connectivity index (χ0n) is 19.6. The molecule has 2 fully saturated rings. The second-order valence-corrected chi connectivity index (χ2v) is 17.5. The van der Waals surface area contributed by atoms with Crippen molar-refractivity contribution in [2.24, 2.45) is 17.8 Å². The molecular weight excluding hydrogens is 384 g/mol. The minimum Gasteiger partial charge on any atom is -0.518 e. The lowest BCUT2D eigenvalue weighted by Crippen LogP contribution is -2.52. The van der Waals surface area contributed by atoms with E-state index >= 15 is 0 Å². The number of hydrogen-bond donors (Lipinski definition) is 0. The van der Waals surface area contributed by atoms with Crippen LogP contribution in [-0.2, 0) is 18.1 Å². The SMILES string of the molecule is CCO[Si](OCC)C12CC(C)C(CC1C(=O)O[Si](C(C)C)(C(C)C)C(C)C)C2. The number of fused-ring (bicyclic) bond motifs is 2. The summed E-state index contributed by atoms with van der Waals surface area (Å²) in [6, 6.07) is 0. The van der Waals surface area contributed by atoms with E-state index < -0.39 is 17.6 Å². The number of rotatable bonds is 10. The number of hydrogen-bond acceptors (Lipinski definition) is 4. The Kier molecular flexibility index (Phi) is 8.02. The lowest BCUT2D eigenvalue weighted by Gasteiger charge is -2.44. The summed E-state index contributed by atoms with van der Waals surface area (Å²) in [5.41, 5.74) is 1.23. The smallest absolute Gasteiger partial charge is 0.392 e. The van der Waals surface area contributed by atoms with Crippen molar-refractivity contribution in [3.8, 4) is 0 Å². The van der Waals surface area contributed by atoms with Crippen molar-refractivity contribution in [2.75, 3.05) is 13.2 Å². The average Bonchev–Trinajstić information content (AvgIpc) is 3.14. The Bertz CT molecular complexity index is 505. The van der Waals surface area contributed by atoms with Gasteiger partial charge in [0.15, 0.2) is 0 Å². The van der Waals surface area contributed by atoms with Crippen LogP contribution in [0, 0.1) is 17.8 Å². The molecule has 1 radical (unpaired) electrons. The molecule has 0 aromatic heterocycles. The van der Waals surface area contributed by atoms with E-state index in [4.69, 9.17) is 13.3 Å². The summed E-state index contributed by atoms with van der Waals surface area (Å²) in [5.74, 6) is 1.25. The molecule has 163 valence electrons. The molecule has 4 atom stereocenters. The predicted molar refractivity (Wildman–Crippen MR) is 119 cm³/mol. The molecule has 4 nitrogen and oxygen atoms in total. The van der Waals surface area contributed by atoms with Gasteiger partial charge >= 0.3 is 9.28 Å². The van der Waals surface area contributed by atoms with Crippen LogP contribution in [0.2, 0.25) is 21.7 Å². The van der Waals surface area contributed by atoms with E-state index in [1.807, 2.05) is 13.8 Å². The third-order valence-electron chi connectivity index (χ3n) is 7.55. The van der Waals surface area contributed by atoms with E-state index in [9.17, 15) is 4.79 Å². The molecule has 2 aliphatic rings. The molecular formula is C22H43O4Si2. The highest BCUT2D eigenvalue weighted by atomic mass is 28.4. The third-order valence-corrected chi connectivity index (χ3v) is 16.2. The van der Waals surface area contributed by atoms with Gasteiger partial charge in [0, 0.05) is 18.3 Å². The van der Waals surface area contributed by atoms with Gasteiger partial charge in [0.2, 0.25) is 0 Å². The Morgan fingerprint density at radius 1 is 1.00 bits per heavy atom. The second-order valence-electron chi connectivity index (χ2n) is 9.98. The van der Waals surface area contributed by atoms with E-state index in [2.05, 4.69) is 48.5 Å². The monoisotopic (exact) mass is 427 g/mol. The van der Waals surface area contributed by atoms with Crippen molar-refractivity contribution in [3.05, 3.63) is 0 Å². The molecule has 0 saturated heterocycles. The number of carbonyl (C=O) groups is 1. The summed E-state index contributed by atoms with van der Waals surface area (Å²) in [6.07, 6.45) is 3.07. The fourth-order valence-corrected chi connectivity index (χ4v) is 14.3. The quantitative estimate of drug-likeness (QED) is 0.397. The van der Waals surface area contributed by atoms with Gasteiger partial charge in [0.25, 0.3) is 14.3 Å². The van der Waals surface area contributed by atoms with Crippen LogP contribution >= 0.6 is 0 Å². The highest BCUT2D eigenvalue weighted by Crippen LogP contribution is 2.67. The van der Waals surface area contributed by atoms with E-state index in [0.29, 0.717) is 41.7 Å². The van der Waals surface area contributed by atoms with E-state index in [0.717, 1.165) is 19.3 Å². The van der Waals surface area contributed by atoms with Crippen LogP contribution < -0.4 is 0 Å². The van der Waals surface area contributed by atoms with Crippen molar-refractivity contribution in [3.63, 3.8) is 0 Å². The molecule has 28 heavy (non-hydrogen) atoms. The predicted octanol–water partition coefficient (Wildman–Crippen LogP) is 6.07. The largest absolute Gasteiger partial charge is 0.518 e. The van der Waals surface area contributed by atoms with Gasteiger partial charge in [0.05, 0.1) is 5.92 Å². The third kappa shape index (κ3) is 4.03. The standard InChI is InChI=1S/C22H43O4Si2/c1-10-24-27(25-11-2)22-13-18(9)19(14-22)12-20(22)21(23)26-28(15(3)4,16(5)6)17(7)8/h15-20H,10-14H2,1-9H3. The Hall–Kier alpha value is -0.176. The van der Waals surface area contributed by atoms with Crippen LogP contribution in [0.5, 0.6) is 0 Å². The van der Waals surface area contributed by atoms with Crippen molar-refractivity contribution < 1.29 is 18.1 Å². The van der Waals surface area contributed by atoms with Crippen LogP contribution in [0.3, 0.4) is 0 Å². The van der Waals surface area contributed by atoms with Crippen molar-refractivity contribution >= 4 is 23.6 Å². The first-order valence-electron chi connectivity index (χ1n) is 11.4. The zero-order valence-corrected chi connectivity index (χ0v) is 21.6. The molecule has 2 bridgehead atoms. The van der Waals surface area contributed by atoms with Gasteiger partial charge in [-0.2, -0.15) is 0 Å². The van der Waals surface area contributed by atoms with E-state index in [1.165, 1.54) is 0 Å². The van der Waals surface area contributed by atoms with Gasteiger partial charge in [-0.15, -0.1) is 0 Å². The van der Waals surface area contributed by atoms with Gasteiger partial charge in [-0.1, -0.05) is 48.5 Å². The van der Waals surface area contributed by atoms with Crippen LogP contribution in [0.4, 0.5) is 0 Å². The van der Waals surface area contributed by atoms with Gasteiger partial charge in [-0.3, -0.25) is 4.79 Å². The Labute approximate surface area is 176 Å². The maximum atomic E-state index is 13.7. The Balaban J connectivity index is 2.35. The number of carbonyl (C=O) groups excluding carboxylic acids is 1. The molecule has 0 N–H and O–H groups in total. The van der Waals surface area contributed by atoms with Crippen LogP contribution in [0.1, 0.15) is 81.6 Å². The lowest BCUT2D eigenvalue weighted by atomic mass is 9.82. The van der Waals surface area contributed by atoms with Crippen LogP contribution in [-0.4, -0.2) is 36.8 Å². The summed E-state index contributed by atoms with van der Waals surface area (Å²) >= 11 is 0. The maximum Gasteiger partial charge on any atom is 0.392 e. The summed E-state index contributed by atoms with van der Waals surface area (Å²) in [7, 11) is -3.75. The normalized spacial score (nSPS) is 30.2. The Morgan fingerprint density at radius 2 is 1.50 bits per heavy atom. The molecule has 2 aliphatic carbocycles. The molecule has 0 aromatic rings. The highest BCUT2D eigenvalue weighted by molar-refractivity contribution is 6.79.